The van der Waals surface area contributed by atoms with Crippen molar-refractivity contribution in [1.29, 1.82) is 5.26 Å². The highest BCUT2D eigenvalue weighted by molar-refractivity contribution is 5.59. The molecule has 1 radical (unpaired) electrons. The smallest absolute Gasteiger partial charge is 0.147 e. The summed E-state index contributed by atoms with van der Waals surface area (Å²) in [6.07, 6.45) is 9.40. The van der Waals surface area contributed by atoms with Crippen molar-refractivity contribution in [2.75, 3.05) is 51.0 Å². The van der Waals surface area contributed by atoms with Crippen LogP contribution in [0.5, 0.6) is 0 Å². The quantitative estimate of drug-likeness (QED) is 0.381. The van der Waals surface area contributed by atoms with Gasteiger partial charge in [-0.05, 0) is 25.9 Å². The maximum Gasteiger partial charge on any atom is 0.147 e. The average Bonchev–Trinajstić information content (AvgIpc) is 2.80. The Balaban J connectivity index is 1.70. The van der Waals surface area contributed by atoms with E-state index in [-0.39, 0.29) is 6.04 Å². The summed E-state index contributed by atoms with van der Waals surface area (Å²) in [5, 5.41) is 15.7. The molecule has 0 amide bonds. The van der Waals surface area contributed by atoms with Crippen LogP contribution < -0.4 is 10.6 Å². The molecule has 8 nitrogen and oxygen atoms in total. The van der Waals surface area contributed by atoms with E-state index in [9.17, 15) is 5.26 Å². The summed E-state index contributed by atoms with van der Waals surface area (Å²) in [6.45, 7) is 11.2. The summed E-state index contributed by atoms with van der Waals surface area (Å²) in [7, 11) is 3.83. The lowest BCUT2D eigenvalue weighted by molar-refractivity contribution is 0.187. The highest BCUT2D eigenvalue weighted by Gasteiger charge is 2.23. The molecule has 3 rings (SSSR count). The van der Waals surface area contributed by atoms with E-state index in [1.54, 1.807) is 19.4 Å². The van der Waals surface area contributed by atoms with Crippen LogP contribution >= 0.6 is 0 Å². The molecule has 2 aliphatic rings. The first-order valence-electron chi connectivity index (χ1n) is 10.0. The molecule has 1 aliphatic heterocycles. The zero-order valence-corrected chi connectivity index (χ0v) is 18.0. The van der Waals surface area contributed by atoms with Crippen molar-refractivity contribution >= 4 is 18.2 Å². The number of piperazine rings is 1. The molecule has 1 atom stereocenters. The van der Waals surface area contributed by atoms with Crippen LogP contribution in [0.3, 0.4) is 0 Å². The van der Waals surface area contributed by atoms with Crippen molar-refractivity contribution in [3.8, 4) is 6.07 Å². The Kier molecular flexibility index (Phi) is 7.46. The van der Waals surface area contributed by atoms with Crippen molar-refractivity contribution in [2.45, 2.75) is 6.04 Å². The molecule has 0 aromatic carbocycles. The van der Waals surface area contributed by atoms with Gasteiger partial charge in [-0.3, -0.25) is 0 Å². The monoisotopic (exact) mass is 418 g/mol. The number of anilines is 2. The van der Waals surface area contributed by atoms with Gasteiger partial charge in [0.25, 0.3) is 0 Å². The average molecular weight is 419 g/mol. The number of aliphatic imine (C=N–C) groups is 1. The lowest BCUT2D eigenvalue weighted by Gasteiger charge is -2.36. The van der Waals surface area contributed by atoms with E-state index < -0.39 is 0 Å². The Bertz CT molecular complexity index is 949. The first-order chi connectivity index (χ1) is 15.1. The van der Waals surface area contributed by atoms with Crippen LogP contribution in [-0.2, 0) is 4.74 Å². The zero-order chi connectivity index (χ0) is 22.2. The molecule has 8 heteroatoms. The number of allylic oxidation sites excluding steroid dienone is 3. The third-order valence-electron chi connectivity index (χ3n) is 5.22. The largest absolute Gasteiger partial charge is 0.499 e. The van der Waals surface area contributed by atoms with Gasteiger partial charge in [0.15, 0.2) is 0 Å². The molecule has 0 spiro atoms. The fourth-order valence-corrected chi connectivity index (χ4v) is 3.41. The third kappa shape index (κ3) is 5.53. The van der Waals surface area contributed by atoms with Gasteiger partial charge in [0.1, 0.15) is 23.5 Å². The lowest BCUT2D eigenvalue weighted by atomic mass is 10.0. The van der Waals surface area contributed by atoms with E-state index in [0.29, 0.717) is 17.2 Å². The van der Waals surface area contributed by atoms with Gasteiger partial charge in [-0.15, -0.1) is 0 Å². The van der Waals surface area contributed by atoms with Gasteiger partial charge < -0.3 is 25.2 Å². The van der Waals surface area contributed by atoms with Gasteiger partial charge in [-0.2, -0.15) is 5.26 Å². The number of pyridine rings is 1. The van der Waals surface area contributed by atoms with Crippen molar-refractivity contribution < 1.29 is 4.74 Å². The lowest BCUT2D eigenvalue weighted by Crippen LogP contribution is -2.44. The normalized spacial score (nSPS) is 19.9. The minimum absolute atomic E-state index is 0.139. The molecule has 2 heterocycles. The number of rotatable bonds is 8. The van der Waals surface area contributed by atoms with Crippen LogP contribution in [0.15, 0.2) is 71.0 Å². The fourth-order valence-electron chi connectivity index (χ4n) is 3.41. The molecule has 1 fully saturated rings. The first-order valence-corrected chi connectivity index (χ1v) is 10.0. The van der Waals surface area contributed by atoms with Crippen LogP contribution in [-0.4, -0.2) is 67.9 Å². The number of ether oxygens (including phenoxy) is 1. The molecule has 1 aromatic heterocycles. The van der Waals surface area contributed by atoms with Crippen molar-refractivity contribution in [2.24, 2.45) is 4.99 Å². The molecule has 0 bridgehead atoms. The van der Waals surface area contributed by atoms with Crippen molar-refractivity contribution in [3.63, 3.8) is 0 Å². The first kappa shape index (κ1) is 22.1. The van der Waals surface area contributed by atoms with Gasteiger partial charge in [-0.1, -0.05) is 12.7 Å². The molecule has 31 heavy (non-hydrogen) atoms. The Morgan fingerprint density at radius 1 is 1.39 bits per heavy atom. The summed E-state index contributed by atoms with van der Waals surface area (Å²) in [5.41, 5.74) is 2.20. The summed E-state index contributed by atoms with van der Waals surface area (Å²) < 4.78 is 5.66. The maximum absolute atomic E-state index is 9.19. The van der Waals surface area contributed by atoms with Crippen LogP contribution in [0.1, 0.15) is 0 Å². The minimum atomic E-state index is -0.139. The number of nitrogens with one attached hydrogen (secondary N) is 2. The summed E-state index contributed by atoms with van der Waals surface area (Å²) >= 11 is 0. The van der Waals surface area contributed by atoms with Crippen LogP contribution in [0.4, 0.5) is 11.5 Å². The van der Waals surface area contributed by atoms with E-state index in [4.69, 9.17) is 4.74 Å². The van der Waals surface area contributed by atoms with Gasteiger partial charge >= 0.3 is 0 Å². The second kappa shape index (κ2) is 10.5. The standard InChI is InChI=1S/C23H28N7O/c1-5-17(16-24)23(25-2)27-18-8-9-26-22(14-18)28-20-7-6-19(15-21(20)31-4)30-12-10-29(3)11-13-30/h5-9,14-15,20H,1-2,10-13H2,3-4H3,(H2,26,27,28)/b23-17-. The Hall–Kier alpha value is -3.57. The molecule has 1 aromatic rings. The number of aromatic nitrogens is 1. The van der Waals surface area contributed by atoms with Crippen LogP contribution in [0, 0.1) is 17.8 Å². The van der Waals surface area contributed by atoms with E-state index in [0.717, 1.165) is 43.3 Å². The highest BCUT2D eigenvalue weighted by atomic mass is 16.5. The van der Waals surface area contributed by atoms with Crippen LogP contribution in [0.2, 0.25) is 0 Å². The SMILES string of the molecule is C=C/C(C#N)=C(\N=C)Nc1ccnc(NC2[CH]C=C(N3CCN(C)CC3)C=C2OC)c1. The number of hydrogen-bond donors (Lipinski definition) is 2. The maximum atomic E-state index is 9.19. The molecule has 1 saturated heterocycles. The zero-order valence-electron chi connectivity index (χ0n) is 18.0. The minimum Gasteiger partial charge on any atom is -0.499 e. The van der Waals surface area contributed by atoms with Gasteiger partial charge in [0.05, 0.1) is 18.7 Å². The topological polar surface area (TPSA) is 88.8 Å². The van der Waals surface area contributed by atoms with E-state index >= 15 is 0 Å². The van der Waals surface area contributed by atoms with Crippen molar-refractivity contribution in [1.82, 2.24) is 14.8 Å². The van der Waals surface area contributed by atoms with E-state index in [2.05, 4.69) is 69.3 Å². The fraction of sp³-hybridized carbons (Fsp3) is 0.304. The summed E-state index contributed by atoms with van der Waals surface area (Å²) in [6, 6.07) is 5.53. The van der Waals surface area contributed by atoms with Gasteiger partial charge in [0.2, 0.25) is 0 Å². The molecule has 0 saturated carbocycles. The van der Waals surface area contributed by atoms with Gasteiger partial charge in [-0.25, -0.2) is 9.98 Å². The molecule has 1 unspecified atom stereocenters. The summed E-state index contributed by atoms with van der Waals surface area (Å²) in [4.78, 5) is 13.0. The van der Waals surface area contributed by atoms with Gasteiger partial charge in [0, 0.05) is 62.3 Å². The van der Waals surface area contributed by atoms with E-state index in [1.165, 1.54) is 6.08 Å². The van der Waals surface area contributed by atoms with E-state index in [1.807, 2.05) is 12.1 Å². The molecular weight excluding hydrogens is 390 g/mol. The third-order valence-corrected chi connectivity index (χ3v) is 5.22. The second-order valence-corrected chi connectivity index (χ2v) is 7.24. The Labute approximate surface area is 183 Å². The summed E-state index contributed by atoms with van der Waals surface area (Å²) in [5.74, 6) is 1.82. The Morgan fingerprint density at radius 3 is 2.81 bits per heavy atom. The number of methoxy groups -OCH3 is 1. The number of nitrogens with zero attached hydrogens (tertiary/aromatic N) is 5. The predicted octanol–water partition coefficient (Wildman–Crippen LogP) is 2.78. The predicted molar refractivity (Wildman–Crippen MR) is 124 cm³/mol. The molecular formula is C23H28N7O. The number of hydrogen-bond acceptors (Lipinski definition) is 8. The molecule has 1 aliphatic carbocycles. The highest BCUT2D eigenvalue weighted by Crippen LogP contribution is 2.25. The number of likely N-dealkylation sites (N-methyl/N-ethyl adjacent to an activating group) is 1. The van der Waals surface area contributed by atoms with Crippen molar-refractivity contribution in [3.05, 3.63) is 72.4 Å². The second-order valence-electron chi connectivity index (χ2n) is 7.24. The van der Waals surface area contributed by atoms with Crippen LogP contribution in [0.25, 0.3) is 0 Å². The molecule has 161 valence electrons. The number of nitriles is 1. The molecule has 2 N–H and O–H groups in total. The Morgan fingerprint density at radius 2 is 2.16 bits per heavy atom.